The highest BCUT2D eigenvalue weighted by Crippen LogP contribution is 2.38. The zero-order chi connectivity index (χ0) is 24.0. The van der Waals surface area contributed by atoms with Crippen molar-refractivity contribution >= 4 is 11.4 Å². The van der Waals surface area contributed by atoms with Gasteiger partial charge in [0.15, 0.2) is 17.3 Å². The fourth-order valence-corrected chi connectivity index (χ4v) is 3.49. The summed E-state index contributed by atoms with van der Waals surface area (Å²) in [6.07, 6.45) is 8.52. The molecule has 176 valence electrons. The summed E-state index contributed by atoms with van der Waals surface area (Å²) < 4.78 is 28.6. The number of Topliss-reactive ketones (excluding diaryl/α,β-unsaturated/α-hetero) is 1. The molecule has 3 rings (SSSR count). The summed E-state index contributed by atoms with van der Waals surface area (Å²) in [6, 6.07) is 5.48. The van der Waals surface area contributed by atoms with E-state index in [1.807, 2.05) is 58.0 Å². The van der Waals surface area contributed by atoms with Crippen LogP contribution in [-0.2, 0) is 19.0 Å². The van der Waals surface area contributed by atoms with Crippen molar-refractivity contribution in [3.63, 3.8) is 0 Å². The van der Waals surface area contributed by atoms with Gasteiger partial charge >= 0.3 is 0 Å². The summed E-state index contributed by atoms with van der Waals surface area (Å²) in [5.41, 5.74) is 3.47. The predicted molar refractivity (Wildman–Crippen MR) is 128 cm³/mol. The van der Waals surface area contributed by atoms with E-state index in [9.17, 15) is 4.79 Å². The zero-order valence-corrected chi connectivity index (χ0v) is 20.1. The maximum absolute atomic E-state index is 13.4. The van der Waals surface area contributed by atoms with Gasteiger partial charge in [0.05, 0.1) is 26.1 Å². The summed E-state index contributed by atoms with van der Waals surface area (Å²) >= 11 is 0. The Labute approximate surface area is 195 Å². The molecule has 1 aromatic rings. The minimum absolute atomic E-state index is 0.0841. The first-order valence-electron chi connectivity index (χ1n) is 10.9. The minimum atomic E-state index is -0.572. The van der Waals surface area contributed by atoms with Crippen molar-refractivity contribution in [3.8, 4) is 11.5 Å². The Balaban J connectivity index is 1.91. The highest BCUT2D eigenvalue weighted by Gasteiger charge is 2.41. The lowest BCUT2D eigenvalue weighted by Gasteiger charge is -2.32. The summed E-state index contributed by atoms with van der Waals surface area (Å²) in [7, 11) is 3.11. The molecule has 0 aromatic heterocycles. The number of rotatable bonds is 9. The molecule has 0 N–H and O–H groups in total. The van der Waals surface area contributed by atoms with Crippen LogP contribution in [0.5, 0.6) is 11.5 Å². The molecular weight excluding hydrogens is 420 g/mol. The first-order chi connectivity index (χ1) is 15.8. The van der Waals surface area contributed by atoms with Crippen LogP contribution in [0.3, 0.4) is 0 Å². The highest BCUT2D eigenvalue weighted by molar-refractivity contribution is 6.23. The largest absolute Gasteiger partial charge is 0.500 e. The number of benzene rings is 1. The first kappa shape index (κ1) is 24.2. The van der Waals surface area contributed by atoms with Gasteiger partial charge in [-0.15, -0.1) is 0 Å². The molecule has 2 atom stereocenters. The Kier molecular flexibility index (Phi) is 8.04. The molecule has 0 radical (unpaired) electrons. The smallest absolute Gasteiger partial charge is 0.181 e. The maximum Gasteiger partial charge on any atom is 0.181 e. The second-order valence-electron chi connectivity index (χ2n) is 8.34. The van der Waals surface area contributed by atoms with Gasteiger partial charge in [0.2, 0.25) is 0 Å². The van der Waals surface area contributed by atoms with Crippen LogP contribution in [0, 0.1) is 5.92 Å². The van der Waals surface area contributed by atoms with E-state index in [0.717, 1.165) is 5.57 Å². The quantitative estimate of drug-likeness (QED) is 0.469. The molecule has 6 heteroatoms. The van der Waals surface area contributed by atoms with Gasteiger partial charge in [-0.3, -0.25) is 4.79 Å². The van der Waals surface area contributed by atoms with Crippen LogP contribution < -0.4 is 9.47 Å². The van der Waals surface area contributed by atoms with E-state index in [1.54, 1.807) is 26.4 Å². The van der Waals surface area contributed by atoms with Gasteiger partial charge in [-0.1, -0.05) is 17.2 Å². The summed E-state index contributed by atoms with van der Waals surface area (Å²) in [6.45, 7) is 8.91. The highest BCUT2D eigenvalue weighted by atomic mass is 16.5. The lowest BCUT2D eigenvalue weighted by atomic mass is 9.83. The average molecular weight is 453 g/mol. The SMILES string of the molecule is COC1=C[C@@H]2OC=C(c3ccc(OCC=C(C)C)c(OCC=C(C)C)c3)C(=O)[C@@H]2C(OC)=C1. The Bertz CT molecular complexity index is 1030. The molecule has 0 unspecified atom stereocenters. The third-order valence-corrected chi connectivity index (χ3v) is 5.33. The van der Waals surface area contributed by atoms with Crippen LogP contribution in [0.4, 0.5) is 0 Å². The van der Waals surface area contributed by atoms with E-state index in [1.165, 1.54) is 11.8 Å². The van der Waals surface area contributed by atoms with Crippen LogP contribution in [0.1, 0.15) is 33.3 Å². The first-order valence-corrected chi connectivity index (χ1v) is 10.9. The lowest BCUT2D eigenvalue weighted by molar-refractivity contribution is -0.121. The number of ketones is 1. The molecule has 0 saturated heterocycles. The topological polar surface area (TPSA) is 63.2 Å². The van der Waals surface area contributed by atoms with E-state index in [4.69, 9.17) is 23.7 Å². The third kappa shape index (κ3) is 5.89. The number of carbonyl (C=O) groups excluding carboxylic acids is 1. The lowest BCUT2D eigenvalue weighted by Crippen LogP contribution is -2.36. The molecule has 1 heterocycles. The maximum atomic E-state index is 13.4. The summed E-state index contributed by atoms with van der Waals surface area (Å²) in [5.74, 6) is 1.64. The molecule has 33 heavy (non-hydrogen) atoms. The van der Waals surface area contributed by atoms with Crippen molar-refractivity contribution in [1.82, 2.24) is 0 Å². The molecule has 0 saturated carbocycles. The molecule has 2 aliphatic rings. The normalized spacial score (nSPS) is 19.1. The number of carbonyl (C=O) groups is 1. The Hall–Kier alpha value is -3.41. The van der Waals surface area contributed by atoms with E-state index < -0.39 is 12.0 Å². The molecule has 1 aliphatic carbocycles. The molecule has 0 bridgehead atoms. The van der Waals surface area contributed by atoms with E-state index in [2.05, 4.69) is 0 Å². The van der Waals surface area contributed by atoms with Crippen molar-refractivity contribution in [1.29, 1.82) is 0 Å². The number of fused-ring (bicyclic) bond motifs is 1. The fraction of sp³-hybridized carbons (Fsp3) is 0.370. The Morgan fingerprint density at radius 1 is 0.970 bits per heavy atom. The van der Waals surface area contributed by atoms with E-state index in [-0.39, 0.29) is 5.78 Å². The molecule has 1 aliphatic heterocycles. The van der Waals surface area contributed by atoms with Gasteiger partial charge < -0.3 is 23.7 Å². The third-order valence-electron chi connectivity index (χ3n) is 5.33. The van der Waals surface area contributed by atoms with Gasteiger partial charge in [-0.2, -0.15) is 0 Å². The number of methoxy groups -OCH3 is 2. The van der Waals surface area contributed by atoms with Gasteiger partial charge in [0, 0.05) is 6.08 Å². The monoisotopic (exact) mass is 452 g/mol. The fourth-order valence-electron chi connectivity index (χ4n) is 3.49. The molecule has 1 aromatic carbocycles. The molecular formula is C27H32O6. The van der Waals surface area contributed by atoms with E-state index in [0.29, 0.717) is 47.4 Å². The van der Waals surface area contributed by atoms with Crippen molar-refractivity contribution in [2.75, 3.05) is 27.4 Å². The van der Waals surface area contributed by atoms with Crippen LogP contribution >= 0.6 is 0 Å². The van der Waals surface area contributed by atoms with Gasteiger partial charge in [0.1, 0.15) is 36.8 Å². The van der Waals surface area contributed by atoms with E-state index >= 15 is 0 Å². The standard InChI is InChI=1S/C27H32O6/c1-17(2)9-11-31-22-8-7-19(13-23(22)32-12-10-18(3)4)21-16-33-25-15-20(29-5)14-24(30-6)26(25)27(21)28/h7-10,13-16,25-26H,11-12H2,1-6H3/t25-,26+/m0/s1. The summed E-state index contributed by atoms with van der Waals surface area (Å²) in [4.78, 5) is 13.4. The number of hydrogen-bond donors (Lipinski definition) is 0. The number of allylic oxidation sites excluding steroid dienone is 4. The van der Waals surface area contributed by atoms with Crippen LogP contribution in [0.15, 0.2) is 71.4 Å². The Morgan fingerprint density at radius 2 is 1.64 bits per heavy atom. The van der Waals surface area contributed by atoms with Crippen molar-refractivity contribution in [3.05, 3.63) is 77.0 Å². The van der Waals surface area contributed by atoms with Crippen molar-refractivity contribution in [2.45, 2.75) is 33.8 Å². The van der Waals surface area contributed by atoms with Crippen molar-refractivity contribution < 1.29 is 28.5 Å². The molecule has 0 amide bonds. The second-order valence-corrected chi connectivity index (χ2v) is 8.34. The predicted octanol–water partition coefficient (Wildman–Crippen LogP) is 5.38. The molecule has 0 fully saturated rings. The summed E-state index contributed by atoms with van der Waals surface area (Å²) in [5, 5.41) is 0. The number of ether oxygens (including phenoxy) is 5. The van der Waals surface area contributed by atoms with Gasteiger partial charge in [-0.05, 0) is 63.6 Å². The van der Waals surface area contributed by atoms with Gasteiger partial charge in [0.25, 0.3) is 0 Å². The van der Waals surface area contributed by atoms with Crippen LogP contribution in [0.2, 0.25) is 0 Å². The second kappa shape index (κ2) is 10.9. The van der Waals surface area contributed by atoms with Gasteiger partial charge in [-0.25, -0.2) is 0 Å². The zero-order valence-electron chi connectivity index (χ0n) is 20.1. The minimum Gasteiger partial charge on any atom is -0.500 e. The molecule has 0 spiro atoms. The Morgan fingerprint density at radius 3 is 2.24 bits per heavy atom. The van der Waals surface area contributed by atoms with Crippen LogP contribution in [0.25, 0.3) is 5.57 Å². The van der Waals surface area contributed by atoms with Crippen molar-refractivity contribution in [2.24, 2.45) is 5.92 Å². The number of hydrogen-bond acceptors (Lipinski definition) is 6. The molecule has 6 nitrogen and oxygen atoms in total. The average Bonchev–Trinajstić information content (AvgIpc) is 2.79. The van der Waals surface area contributed by atoms with Crippen LogP contribution in [-0.4, -0.2) is 39.3 Å².